The van der Waals surface area contributed by atoms with E-state index in [4.69, 9.17) is 26.5 Å². The molecule has 30 heavy (non-hydrogen) atoms. The summed E-state index contributed by atoms with van der Waals surface area (Å²) in [5.41, 5.74) is -2.94. The third-order valence-corrected chi connectivity index (χ3v) is 6.98. The molecule has 0 aromatic heterocycles. The summed E-state index contributed by atoms with van der Waals surface area (Å²) in [5, 5.41) is 39.5. The summed E-state index contributed by atoms with van der Waals surface area (Å²) in [6.45, 7) is 1.67. The molecule has 0 amide bonds. The quantitative estimate of drug-likeness (QED) is 0.632. The van der Waals surface area contributed by atoms with E-state index in [-0.39, 0.29) is 5.02 Å². The Hall–Kier alpha value is -2.89. The van der Waals surface area contributed by atoms with Gasteiger partial charge < -0.3 is 9.47 Å². The molecule has 0 saturated carbocycles. The van der Waals surface area contributed by atoms with Crippen LogP contribution in [0.1, 0.15) is 24.2 Å². The van der Waals surface area contributed by atoms with E-state index in [0.29, 0.717) is 11.1 Å². The van der Waals surface area contributed by atoms with Gasteiger partial charge in [0.25, 0.3) is 0 Å². The fraction of sp³-hybridized carbons (Fsp3) is 0.273. The van der Waals surface area contributed by atoms with E-state index < -0.39 is 34.5 Å². The smallest absolute Gasteiger partial charge is 0.244 e. The first kappa shape index (κ1) is 20.4. The van der Waals surface area contributed by atoms with Gasteiger partial charge >= 0.3 is 0 Å². The third kappa shape index (κ3) is 2.27. The summed E-state index contributed by atoms with van der Waals surface area (Å²) in [6.07, 6.45) is -1.22. The van der Waals surface area contributed by atoms with Crippen LogP contribution in [0.2, 0.25) is 5.02 Å². The highest BCUT2D eigenvalue weighted by molar-refractivity contribution is 9.10. The van der Waals surface area contributed by atoms with E-state index in [1.54, 1.807) is 55.5 Å². The molecule has 148 valence electrons. The maximum atomic E-state index is 10.3. The second-order valence-corrected chi connectivity index (χ2v) is 8.62. The molecule has 2 saturated heterocycles. The zero-order valence-corrected chi connectivity index (χ0v) is 18.0. The number of nitrogens with zero attached hydrogens (tertiary/aromatic N) is 3. The molecule has 2 aliphatic rings. The highest BCUT2D eigenvalue weighted by Crippen LogP contribution is 2.69. The lowest BCUT2D eigenvalue weighted by atomic mass is 9.53. The number of hydrogen-bond donors (Lipinski definition) is 1. The van der Waals surface area contributed by atoms with Gasteiger partial charge in [-0.1, -0.05) is 64.8 Å². The summed E-state index contributed by atoms with van der Waals surface area (Å²) in [5.74, 6) is -2.81. The van der Waals surface area contributed by atoms with Crippen LogP contribution in [-0.4, -0.2) is 5.90 Å². The number of nitrogens with one attached hydrogen (secondary N) is 1. The molecule has 2 bridgehead atoms. The molecule has 1 N–H and O–H groups in total. The van der Waals surface area contributed by atoms with Gasteiger partial charge in [-0.25, -0.2) is 0 Å². The van der Waals surface area contributed by atoms with Crippen LogP contribution in [0.3, 0.4) is 0 Å². The van der Waals surface area contributed by atoms with E-state index in [1.807, 2.05) is 12.1 Å². The van der Waals surface area contributed by atoms with Crippen LogP contribution < -0.4 is 0 Å². The molecule has 6 nitrogen and oxygen atoms in total. The Labute approximate surface area is 186 Å². The van der Waals surface area contributed by atoms with Gasteiger partial charge in [0, 0.05) is 20.6 Å². The van der Waals surface area contributed by atoms with Crippen molar-refractivity contribution in [2.75, 3.05) is 0 Å². The van der Waals surface area contributed by atoms with Crippen molar-refractivity contribution in [3.05, 3.63) is 69.2 Å². The molecule has 2 fully saturated rings. The first-order valence-corrected chi connectivity index (χ1v) is 10.2. The summed E-state index contributed by atoms with van der Waals surface area (Å²) in [4.78, 5) is 0. The number of rotatable bonds is 2. The molecule has 0 radical (unpaired) electrons. The average Bonchev–Trinajstić information content (AvgIpc) is 2.91. The fourth-order valence-electron chi connectivity index (χ4n) is 4.52. The van der Waals surface area contributed by atoms with E-state index in [2.05, 4.69) is 22.0 Å². The molecule has 0 aliphatic carbocycles. The number of halogens is 2. The molecule has 4 rings (SSSR count). The van der Waals surface area contributed by atoms with Gasteiger partial charge in [0.1, 0.15) is 6.10 Å². The third-order valence-electron chi connectivity index (χ3n) is 6.10. The topological polar surface area (TPSA) is 114 Å². The zero-order valence-electron chi connectivity index (χ0n) is 15.7. The minimum absolute atomic E-state index is 0.289. The molecule has 8 heteroatoms. The van der Waals surface area contributed by atoms with Crippen molar-refractivity contribution in [1.82, 2.24) is 0 Å². The fourth-order valence-corrected chi connectivity index (χ4v) is 5.02. The average molecular weight is 482 g/mol. The van der Waals surface area contributed by atoms with Crippen molar-refractivity contribution in [3.63, 3.8) is 0 Å². The Bertz CT molecular complexity index is 1170. The number of nitriles is 3. The van der Waals surface area contributed by atoms with Gasteiger partial charge in [0.2, 0.25) is 17.1 Å². The minimum Gasteiger partial charge on any atom is -0.443 e. The molecular weight excluding hydrogens is 468 g/mol. The van der Waals surface area contributed by atoms with Crippen LogP contribution in [0.5, 0.6) is 0 Å². The van der Waals surface area contributed by atoms with Crippen molar-refractivity contribution in [2.45, 2.75) is 18.8 Å². The maximum absolute atomic E-state index is 10.3. The largest absolute Gasteiger partial charge is 0.443 e. The number of hydrogen-bond acceptors (Lipinski definition) is 6. The van der Waals surface area contributed by atoms with Crippen molar-refractivity contribution in [2.24, 2.45) is 16.7 Å². The molecule has 4 unspecified atom stereocenters. The number of benzene rings is 2. The predicted molar refractivity (Wildman–Crippen MR) is 111 cm³/mol. The Morgan fingerprint density at radius 1 is 1.03 bits per heavy atom. The Balaban J connectivity index is 2.06. The summed E-state index contributed by atoms with van der Waals surface area (Å²) < 4.78 is 13.2. The van der Waals surface area contributed by atoms with Crippen molar-refractivity contribution in [3.8, 4) is 18.2 Å². The summed E-state index contributed by atoms with van der Waals surface area (Å²) >= 11 is 9.80. The number of ether oxygens (including phenoxy) is 2. The van der Waals surface area contributed by atoms with Crippen LogP contribution in [-0.2, 0) is 15.3 Å². The van der Waals surface area contributed by atoms with Crippen LogP contribution in [0.15, 0.2) is 53.0 Å². The van der Waals surface area contributed by atoms with Gasteiger partial charge in [0.05, 0.1) is 24.1 Å². The molecule has 2 aromatic rings. The van der Waals surface area contributed by atoms with Crippen LogP contribution >= 0.6 is 27.5 Å². The van der Waals surface area contributed by atoms with E-state index >= 15 is 0 Å². The van der Waals surface area contributed by atoms with Crippen molar-refractivity contribution >= 4 is 33.4 Å². The van der Waals surface area contributed by atoms with Gasteiger partial charge in [-0.15, -0.1) is 0 Å². The minimum atomic E-state index is -2.04. The van der Waals surface area contributed by atoms with Gasteiger partial charge in [0.15, 0.2) is 5.41 Å². The van der Waals surface area contributed by atoms with Crippen molar-refractivity contribution < 1.29 is 9.47 Å². The Morgan fingerprint density at radius 3 is 2.23 bits per heavy atom. The van der Waals surface area contributed by atoms with E-state index in [1.165, 1.54) is 0 Å². The highest BCUT2D eigenvalue weighted by Gasteiger charge is 2.79. The first-order valence-electron chi connectivity index (χ1n) is 9.03. The lowest BCUT2D eigenvalue weighted by Gasteiger charge is -2.48. The molecule has 2 aliphatic heterocycles. The van der Waals surface area contributed by atoms with Gasteiger partial charge in [-0.05, 0) is 18.2 Å². The van der Waals surface area contributed by atoms with E-state index in [0.717, 1.165) is 4.47 Å². The normalized spacial score (nSPS) is 31.1. The summed E-state index contributed by atoms with van der Waals surface area (Å²) in [7, 11) is 0. The number of fused-ring (bicyclic) bond motifs is 2. The second-order valence-electron chi connectivity index (χ2n) is 7.30. The second kappa shape index (κ2) is 6.83. The Morgan fingerprint density at radius 2 is 1.67 bits per heavy atom. The first-order chi connectivity index (χ1) is 14.3. The summed E-state index contributed by atoms with van der Waals surface area (Å²) in [6, 6.07) is 19.9. The molecule has 0 spiro atoms. The van der Waals surface area contributed by atoms with Crippen molar-refractivity contribution in [1.29, 1.82) is 21.2 Å². The standard InChI is InChI=1S/C22H14BrClN4O2/c1-13-21(12-27)19(28)30-22(13,14-6-8-15(23)9-7-14)29-18(20(21,10-25)11-26)16-4-2-3-5-17(16)24/h2-9,13,18,28H,1H3. The van der Waals surface area contributed by atoms with Gasteiger partial charge in [-0.2, -0.15) is 15.8 Å². The SMILES string of the molecule is CC1C2(c3ccc(Br)cc3)OC(=N)C1(C#N)C(C#N)(C#N)C(c1ccccc1Cl)O2. The van der Waals surface area contributed by atoms with Crippen LogP contribution in [0.25, 0.3) is 0 Å². The molecule has 2 heterocycles. The van der Waals surface area contributed by atoms with E-state index in [9.17, 15) is 15.8 Å². The van der Waals surface area contributed by atoms with Gasteiger partial charge in [-0.3, -0.25) is 5.41 Å². The highest BCUT2D eigenvalue weighted by atomic mass is 79.9. The zero-order chi connectivity index (χ0) is 21.7. The molecular formula is C22H14BrClN4O2. The van der Waals surface area contributed by atoms with Crippen LogP contribution in [0, 0.1) is 56.2 Å². The van der Waals surface area contributed by atoms with Crippen LogP contribution in [0.4, 0.5) is 0 Å². The molecule has 2 aromatic carbocycles. The predicted octanol–water partition coefficient (Wildman–Crippen LogP) is 5.21. The lowest BCUT2D eigenvalue weighted by molar-refractivity contribution is -0.288. The molecule has 4 atom stereocenters. The monoisotopic (exact) mass is 480 g/mol. The maximum Gasteiger partial charge on any atom is 0.244 e. The lowest BCUT2D eigenvalue weighted by Crippen LogP contribution is -2.57. The Kier molecular flexibility index (Phi) is 4.64.